The lowest BCUT2D eigenvalue weighted by molar-refractivity contribution is -0.137. The van der Waals surface area contributed by atoms with Gasteiger partial charge in [-0.3, -0.25) is 0 Å². The molecule has 0 fully saturated rings. The van der Waals surface area contributed by atoms with E-state index in [1.54, 1.807) is 25.9 Å². The molecule has 1 N–H and O–H groups in total. The minimum atomic E-state index is -4.10. The Labute approximate surface area is 101 Å². The Hall–Kier alpha value is -0.800. The van der Waals surface area contributed by atoms with Gasteiger partial charge in [-0.1, -0.05) is 0 Å². The van der Waals surface area contributed by atoms with E-state index in [9.17, 15) is 13.2 Å². The Bertz CT molecular complexity index is 260. The molecule has 0 amide bonds. The molecule has 0 heterocycles. The monoisotopic (exact) mass is 251 g/mol. The molecule has 0 radical (unpaired) electrons. The molecule has 0 bridgehead atoms. The number of nitriles is 1. The molecule has 0 aromatic carbocycles. The maximum atomic E-state index is 12.0. The molecule has 3 nitrogen and oxygen atoms in total. The Balaban J connectivity index is 3.79. The summed E-state index contributed by atoms with van der Waals surface area (Å²) in [5, 5.41) is 11.8. The summed E-state index contributed by atoms with van der Waals surface area (Å²) in [7, 11) is 3.37. The highest BCUT2D eigenvalue weighted by Gasteiger charge is 2.27. The van der Waals surface area contributed by atoms with Crippen molar-refractivity contribution in [2.24, 2.45) is 0 Å². The zero-order chi connectivity index (χ0) is 13.5. The van der Waals surface area contributed by atoms with Crippen LogP contribution in [0.2, 0.25) is 0 Å². The number of nitrogens with zero attached hydrogens (tertiary/aromatic N) is 2. The molecule has 0 rings (SSSR count). The molecular formula is C11H20F3N3. The van der Waals surface area contributed by atoms with Gasteiger partial charge in [0, 0.05) is 6.54 Å². The van der Waals surface area contributed by atoms with Crippen molar-refractivity contribution < 1.29 is 13.2 Å². The topological polar surface area (TPSA) is 39.1 Å². The van der Waals surface area contributed by atoms with Gasteiger partial charge >= 0.3 is 6.18 Å². The van der Waals surface area contributed by atoms with Gasteiger partial charge in [-0.2, -0.15) is 18.4 Å². The molecule has 1 atom stereocenters. The predicted molar refractivity (Wildman–Crippen MR) is 60.5 cm³/mol. The molecule has 0 spiro atoms. The van der Waals surface area contributed by atoms with Gasteiger partial charge in [0.05, 0.1) is 12.5 Å². The largest absolute Gasteiger partial charge is 0.390 e. The first-order chi connectivity index (χ1) is 7.72. The third-order valence-corrected chi connectivity index (χ3v) is 2.79. The maximum absolute atomic E-state index is 12.0. The molecule has 0 aromatic rings. The van der Waals surface area contributed by atoms with Crippen LogP contribution in [0.1, 0.15) is 26.2 Å². The highest BCUT2D eigenvalue weighted by atomic mass is 19.4. The molecule has 17 heavy (non-hydrogen) atoms. The van der Waals surface area contributed by atoms with Gasteiger partial charge in [-0.05, 0) is 40.4 Å². The molecule has 100 valence electrons. The average molecular weight is 251 g/mol. The number of hydrogen-bond donors (Lipinski definition) is 1. The Morgan fingerprint density at radius 3 is 2.24 bits per heavy atom. The quantitative estimate of drug-likeness (QED) is 0.753. The number of hydrogen-bond acceptors (Lipinski definition) is 3. The lowest BCUT2D eigenvalue weighted by Gasteiger charge is -2.23. The molecule has 6 heteroatoms. The highest BCUT2D eigenvalue weighted by molar-refractivity contribution is 5.02. The van der Waals surface area contributed by atoms with E-state index in [0.717, 1.165) is 0 Å². The van der Waals surface area contributed by atoms with E-state index in [4.69, 9.17) is 5.26 Å². The number of alkyl halides is 3. The van der Waals surface area contributed by atoms with Gasteiger partial charge in [0.15, 0.2) is 0 Å². The van der Waals surface area contributed by atoms with Crippen LogP contribution in [0, 0.1) is 11.3 Å². The van der Waals surface area contributed by atoms with Gasteiger partial charge in [0.25, 0.3) is 0 Å². The van der Waals surface area contributed by atoms with Crippen molar-refractivity contribution in [1.29, 1.82) is 5.26 Å². The van der Waals surface area contributed by atoms with Gasteiger partial charge in [0.1, 0.15) is 5.54 Å². The molecule has 1 unspecified atom stereocenters. The van der Waals surface area contributed by atoms with Crippen molar-refractivity contribution >= 4 is 0 Å². The minimum absolute atomic E-state index is 0.00627. The molecule has 0 aliphatic heterocycles. The molecule has 0 aliphatic carbocycles. The van der Waals surface area contributed by atoms with E-state index < -0.39 is 18.1 Å². The number of nitrogens with one attached hydrogen (secondary N) is 1. The second-order valence-electron chi connectivity index (χ2n) is 4.47. The molecular weight excluding hydrogens is 231 g/mol. The molecule has 0 aromatic heterocycles. The first-order valence-corrected chi connectivity index (χ1v) is 5.58. The summed E-state index contributed by atoms with van der Waals surface area (Å²) in [6.45, 7) is 2.35. The van der Waals surface area contributed by atoms with Crippen molar-refractivity contribution in [3.05, 3.63) is 0 Å². The van der Waals surface area contributed by atoms with E-state index in [1.807, 2.05) is 0 Å². The highest BCUT2D eigenvalue weighted by Crippen LogP contribution is 2.19. The normalized spacial score (nSPS) is 15.6. The van der Waals surface area contributed by atoms with Gasteiger partial charge in [-0.25, -0.2) is 0 Å². The first-order valence-electron chi connectivity index (χ1n) is 5.58. The average Bonchev–Trinajstić information content (AvgIpc) is 2.25. The van der Waals surface area contributed by atoms with Crippen molar-refractivity contribution in [1.82, 2.24) is 10.2 Å². The van der Waals surface area contributed by atoms with Gasteiger partial charge in [0.2, 0.25) is 0 Å². The summed E-state index contributed by atoms with van der Waals surface area (Å²) < 4.78 is 35.9. The van der Waals surface area contributed by atoms with E-state index in [-0.39, 0.29) is 6.54 Å². The summed E-state index contributed by atoms with van der Waals surface area (Å²) in [6.07, 6.45) is -3.57. The second-order valence-corrected chi connectivity index (χ2v) is 4.47. The number of rotatable bonds is 7. The van der Waals surface area contributed by atoms with Crippen LogP contribution in [0.25, 0.3) is 0 Å². The van der Waals surface area contributed by atoms with Crippen molar-refractivity contribution in [3.8, 4) is 6.07 Å². The molecule has 0 saturated carbocycles. The van der Waals surface area contributed by atoms with Crippen molar-refractivity contribution in [2.45, 2.75) is 37.9 Å². The van der Waals surface area contributed by atoms with Crippen LogP contribution in [0.4, 0.5) is 13.2 Å². The maximum Gasteiger partial charge on any atom is 0.390 e. The van der Waals surface area contributed by atoms with Crippen LogP contribution in [-0.2, 0) is 0 Å². The standard InChI is InChI=1S/C11H20F3N3/c1-10(9-15,16-2)5-4-7-17(3)8-6-11(12,13)14/h16H,4-8H2,1-3H3. The summed E-state index contributed by atoms with van der Waals surface area (Å²) in [5.74, 6) is 0. The fraction of sp³-hybridized carbons (Fsp3) is 0.909. The lowest BCUT2D eigenvalue weighted by Crippen LogP contribution is -2.38. The Kier molecular flexibility index (Phi) is 6.50. The Morgan fingerprint density at radius 1 is 1.24 bits per heavy atom. The van der Waals surface area contributed by atoms with Gasteiger partial charge in [-0.15, -0.1) is 0 Å². The van der Waals surface area contributed by atoms with Crippen LogP contribution in [0.3, 0.4) is 0 Å². The van der Waals surface area contributed by atoms with Crippen LogP contribution in [-0.4, -0.2) is 43.8 Å². The number of halogens is 3. The Morgan fingerprint density at radius 2 is 1.82 bits per heavy atom. The van der Waals surface area contributed by atoms with Crippen LogP contribution in [0.5, 0.6) is 0 Å². The van der Waals surface area contributed by atoms with Crippen molar-refractivity contribution in [3.63, 3.8) is 0 Å². The van der Waals surface area contributed by atoms with E-state index in [1.165, 1.54) is 0 Å². The zero-order valence-corrected chi connectivity index (χ0v) is 10.6. The smallest absolute Gasteiger partial charge is 0.306 e. The fourth-order valence-corrected chi connectivity index (χ4v) is 1.37. The van der Waals surface area contributed by atoms with Crippen LogP contribution >= 0.6 is 0 Å². The lowest BCUT2D eigenvalue weighted by atomic mass is 9.98. The van der Waals surface area contributed by atoms with Crippen LogP contribution < -0.4 is 5.32 Å². The van der Waals surface area contributed by atoms with Gasteiger partial charge < -0.3 is 10.2 Å². The van der Waals surface area contributed by atoms with E-state index in [2.05, 4.69) is 11.4 Å². The first kappa shape index (κ1) is 16.2. The molecule has 0 aliphatic rings. The summed E-state index contributed by atoms with van der Waals surface area (Å²) in [5.41, 5.74) is -0.592. The zero-order valence-electron chi connectivity index (χ0n) is 10.6. The second kappa shape index (κ2) is 6.82. The summed E-state index contributed by atoms with van der Waals surface area (Å²) in [4.78, 5) is 1.64. The van der Waals surface area contributed by atoms with E-state index in [0.29, 0.717) is 19.4 Å². The van der Waals surface area contributed by atoms with E-state index >= 15 is 0 Å². The predicted octanol–water partition coefficient (Wildman–Crippen LogP) is 2.15. The summed E-state index contributed by atoms with van der Waals surface area (Å²) >= 11 is 0. The SMILES string of the molecule is CNC(C)(C#N)CCCN(C)CCC(F)(F)F. The molecule has 0 saturated heterocycles. The summed E-state index contributed by atoms with van der Waals surface area (Å²) in [6, 6.07) is 2.15. The van der Waals surface area contributed by atoms with Crippen LogP contribution in [0.15, 0.2) is 0 Å². The minimum Gasteiger partial charge on any atom is -0.306 e. The van der Waals surface area contributed by atoms with Crippen molar-refractivity contribution in [2.75, 3.05) is 27.2 Å². The third kappa shape index (κ3) is 8.00. The fourth-order valence-electron chi connectivity index (χ4n) is 1.37. The third-order valence-electron chi connectivity index (χ3n) is 2.79.